The number of carbonyl (C=O) groups excluding carboxylic acids is 1. The minimum absolute atomic E-state index is 0.102. The highest BCUT2D eigenvalue weighted by Crippen LogP contribution is 2.32. The zero-order valence-corrected chi connectivity index (χ0v) is 23.0. The predicted molar refractivity (Wildman–Crippen MR) is 143 cm³/mol. The number of amides is 1. The second-order valence-electron chi connectivity index (χ2n) is 8.63. The Balaban J connectivity index is 2.03. The van der Waals surface area contributed by atoms with Gasteiger partial charge in [-0.25, -0.2) is 0 Å². The first kappa shape index (κ1) is 27.9. The Hall–Kier alpha value is -2.68. The van der Waals surface area contributed by atoms with Crippen molar-refractivity contribution in [3.63, 3.8) is 0 Å². The monoisotopic (exact) mass is 552 g/mol. The zero-order chi connectivity index (χ0) is 26.5. The van der Waals surface area contributed by atoms with E-state index in [1.54, 1.807) is 29.2 Å². The summed E-state index contributed by atoms with van der Waals surface area (Å²) in [5.41, 5.74) is 1.34. The summed E-state index contributed by atoms with van der Waals surface area (Å²) in [5.74, 6) is 0.218. The van der Waals surface area contributed by atoms with Gasteiger partial charge in [0.05, 0.1) is 16.3 Å². The highest BCUT2D eigenvalue weighted by Gasteiger charge is 2.25. The molecule has 0 bridgehead atoms. The highest BCUT2D eigenvalue weighted by atomic mass is 35.5. The molecule has 3 rings (SSSR count). The van der Waals surface area contributed by atoms with Crippen molar-refractivity contribution < 1.29 is 21.8 Å². The Kier molecular flexibility index (Phi) is 9.33. The fraction of sp³-hybridized carbons (Fsp3) is 0.346. The molecular formula is C26H30Cl2N2O5S. The van der Waals surface area contributed by atoms with Crippen LogP contribution in [0.5, 0.6) is 5.75 Å². The second kappa shape index (κ2) is 12.0. The average molecular weight is 554 g/mol. The molecule has 36 heavy (non-hydrogen) atoms. The number of halogens is 2. The molecule has 0 fully saturated rings. The predicted octanol–water partition coefficient (Wildman–Crippen LogP) is 6.50. The van der Waals surface area contributed by atoms with Crippen molar-refractivity contribution in [3.8, 4) is 5.75 Å². The summed E-state index contributed by atoms with van der Waals surface area (Å²) in [6, 6.07) is 12.6. The number of rotatable bonds is 11. The molecule has 10 heteroatoms. The molecule has 1 aromatic heterocycles. The van der Waals surface area contributed by atoms with Gasteiger partial charge in [0, 0.05) is 43.5 Å². The maximum Gasteiger partial charge on any atom is 0.339 e. The molecular weight excluding hydrogens is 523 g/mol. The summed E-state index contributed by atoms with van der Waals surface area (Å²) < 4.78 is 37.3. The summed E-state index contributed by atoms with van der Waals surface area (Å²) in [5, 5.41) is 0.339. The van der Waals surface area contributed by atoms with E-state index in [9.17, 15) is 13.2 Å². The Bertz CT molecular complexity index is 1290. The molecule has 0 saturated heterocycles. The molecule has 2 aromatic carbocycles. The van der Waals surface area contributed by atoms with Crippen LogP contribution in [-0.2, 0) is 16.7 Å². The molecule has 0 radical (unpaired) electrons. The number of nitrogens with zero attached hydrogens (tertiary/aromatic N) is 2. The van der Waals surface area contributed by atoms with Crippen LogP contribution in [0, 0.1) is 5.92 Å². The molecule has 1 heterocycles. The fourth-order valence-electron chi connectivity index (χ4n) is 3.76. The summed E-state index contributed by atoms with van der Waals surface area (Å²) in [6.07, 6.45) is 1.44. The summed E-state index contributed by atoms with van der Waals surface area (Å²) >= 11 is 12.0. The molecule has 0 N–H and O–H groups in total. The van der Waals surface area contributed by atoms with Crippen LogP contribution in [0.2, 0.25) is 10.0 Å². The van der Waals surface area contributed by atoms with Gasteiger partial charge in [0.1, 0.15) is 10.6 Å². The molecule has 0 spiro atoms. The number of furan rings is 1. The van der Waals surface area contributed by atoms with E-state index >= 15 is 0 Å². The Morgan fingerprint density at radius 3 is 2.33 bits per heavy atom. The normalized spacial score (nSPS) is 11.5. The van der Waals surface area contributed by atoms with E-state index in [1.165, 1.54) is 24.5 Å². The van der Waals surface area contributed by atoms with Gasteiger partial charge in [0.2, 0.25) is 0 Å². The lowest BCUT2D eigenvalue weighted by Gasteiger charge is -2.26. The zero-order valence-electron chi connectivity index (χ0n) is 20.7. The van der Waals surface area contributed by atoms with Gasteiger partial charge in [-0.2, -0.15) is 8.42 Å². The van der Waals surface area contributed by atoms with Gasteiger partial charge < -0.3 is 18.4 Å². The quantitative estimate of drug-likeness (QED) is 0.252. The molecule has 3 aromatic rings. The average Bonchev–Trinajstić information content (AvgIpc) is 3.36. The number of benzene rings is 2. The molecule has 0 atom stereocenters. The third-order valence-electron chi connectivity index (χ3n) is 5.52. The Morgan fingerprint density at radius 2 is 1.75 bits per heavy atom. The summed E-state index contributed by atoms with van der Waals surface area (Å²) in [6.45, 7) is 10.0. The third-order valence-corrected chi connectivity index (χ3v) is 7.49. The number of carbonyl (C=O) groups is 1. The van der Waals surface area contributed by atoms with E-state index in [-0.39, 0.29) is 44.8 Å². The number of hydrogen-bond acceptors (Lipinski definition) is 6. The number of anilines is 1. The molecule has 0 aliphatic rings. The van der Waals surface area contributed by atoms with Gasteiger partial charge in [-0.05, 0) is 56.2 Å². The maximum atomic E-state index is 13.2. The summed E-state index contributed by atoms with van der Waals surface area (Å²) in [4.78, 5) is 16.7. The van der Waals surface area contributed by atoms with Gasteiger partial charge in [-0.15, -0.1) is 0 Å². The molecule has 194 valence electrons. The van der Waals surface area contributed by atoms with Crippen LogP contribution in [0.15, 0.2) is 64.1 Å². The maximum absolute atomic E-state index is 13.2. The second-order valence-corrected chi connectivity index (χ2v) is 11.0. The van der Waals surface area contributed by atoms with Gasteiger partial charge >= 0.3 is 10.1 Å². The van der Waals surface area contributed by atoms with Crippen molar-refractivity contribution in [2.24, 2.45) is 5.92 Å². The lowest BCUT2D eigenvalue weighted by atomic mass is 10.1. The van der Waals surface area contributed by atoms with E-state index in [1.807, 2.05) is 33.8 Å². The van der Waals surface area contributed by atoms with Crippen molar-refractivity contribution in [3.05, 3.63) is 76.2 Å². The van der Waals surface area contributed by atoms with Crippen molar-refractivity contribution in [2.45, 2.75) is 39.1 Å². The molecule has 0 saturated carbocycles. The van der Waals surface area contributed by atoms with Gasteiger partial charge in [0.25, 0.3) is 5.91 Å². The fourth-order valence-corrected chi connectivity index (χ4v) is 5.10. The van der Waals surface area contributed by atoms with E-state index in [0.717, 1.165) is 18.8 Å². The van der Waals surface area contributed by atoms with E-state index in [2.05, 4.69) is 4.90 Å². The van der Waals surface area contributed by atoms with Crippen molar-refractivity contribution >= 4 is 44.9 Å². The van der Waals surface area contributed by atoms with Crippen LogP contribution >= 0.6 is 23.2 Å². The number of hydrogen-bond donors (Lipinski definition) is 0. The van der Waals surface area contributed by atoms with Crippen molar-refractivity contribution in [1.82, 2.24) is 4.90 Å². The minimum atomic E-state index is -4.24. The van der Waals surface area contributed by atoms with Crippen LogP contribution in [-0.4, -0.2) is 38.9 Å². The molecule has 0 aliphatic carbocycles. The molecule has 7 nitrogen and oxygen atoms in total. The standard InChI is InChI=1S/C26H30Cl2N2O5S/c1-5-29(6-2)20-10-9-19(17-30(16-18(3)4)26(31)24-8-7-13-34-24)25(14-20)35-36(32,33)21-11-12-22(27)23(28)15-21/h7-15,18H,5-6,16-17H2,1-4H3. The van der Waals surface area contributed by atoms with E-state index < -0.39 is 10.1 Å². The third kappa shape index (κ3) is 6.75. The van der Waals surface area contributed by atoms with Crippen molar-refractivity contribution in [2.75, 3.05) is 24.5 Å². The molecule has 1 amide bonds. The first-order valence-corrected chi connectivity index (χ1v) is 13.8. The lowest BCUT2D eigenvalue weighted by Crippen LogP contribution is -2.33. The van der Waals surface area contributed by atoms with Crippen LogP contribution < -0.4 is 9.08 Å². The largest absolute Gasteiger partial charge is 0.459 e. The first-order chi connectivity index (χ1) is 17.1. The molecule has 0 aliphatic heterocycles. The molecule has 0 unspecified atom stereocenters. The van der Waals surface area contributed by atoms with E-state index in [0.29, 0.717) is 12.1 Å². The smallest absolute Gasteiger partial charge is 0.339 e. The summed E-state index contributed by atoms with van der Waals surface area (Å²) in [7, 11) is -4.24. The van der Waals surface area contributed by atoms with Gasteiger partial charge in [-0.3, -0.25) is 4.79 Å². The van der Waals surface area contributed by atoms with Crippen LogP contribution in [0.3, 0.4) is 0 Å². The van der Waals surface area contributed by atoms with Gasteiger partial charge in [-0.1, -0.05) is 43.1 Å². The SMILES string of the molecule is CCN(CC)c1ccc(CN(CC(C)C)C(=O)c2ccco2)c(OS(=O)(=O)c2ccc(Cl)c(Cl)c2)c1. The van der Waals surface area contributed by atoms with E-state index in [4.69, 9.17) is 31.8 Å². The van der Waals surface area contributed by atoms with Crippen LogP contribution in [0.4, 0.5) is 5.69 Å². The topological polar surface area (TPSA) is 80.1 Å². The van der Waals surface area contributed by atoms with Gasteiger partial charge in [0.15, 0.2) is 5.76 Å². The Morgan fingerprint density at radius 1 is 1.03 bits per heavy atom. The Labute approximate surface area is 222 Å². The highest BCUT2D eigenvalue weighted by molar-refractivity contribution is 7.87. The van der Waals surface area contributed by atoms with Crippen LogP contribution in [0.25, 0.3) is 0 Å². The van der Waals surface area contributed by atoms with Crippen molar-refractivity contribution in [1.29, 1.82) is 0 Å². The lowest BCUT2D eigenvalue weighted by molar-refractivity contribution is 0.0689. The first-order valence-electron chi connectivity index (χ1n) is 11.7. The van der Waals surface area contributed by atoms with Crippen LogP contribution in [0.1, 0.15) is 43.8 Å². The minimum Gasteiger partial charge on any atom is -0.459 e.